The summed E-state index contributed by atoms with van der Waals surface area (Å²) in [4.78, 5) is 4.47. The van der Waals surface area contributed by atoms with Crippen molar-refractivity contribution in [2.45, 2.75) is 10.9 Å². The van der Waals surface area contributed by atoms with Crippen molar-refractivity contribution in [3.8, 4) is 5.75 Å². The predicted octanol–water partition coefficient (Wildman–Crippen LogP) is 0.112. The molecule has 2 bridgehead atoms. The zero-order valence-electron chi connectivity index (χ0n) is 12.5. The van der Waals surface area contributed by atoms with Crippen molar-refractivity contribution in [2.75, 3.05) is 46.4 Å². The highest BCUT2D eigenvalue weighted by molar-refractivity contribution is 7.89. The first-order valence-corrected chi connectivity index (χ1v) is 8.77. The Morgan fingerprint density at radius 3 is 2.64 bits per heavy atom. The first kappa shape index (κ1) is 15.7. The van der Waals surface area contributed by atoms with Gasteiger partial charge in [0.05, 0.1) is 7.11 Å². The molecule has 0 amide bonds. The Kier molecular flexibility index (Phi) is 4.35. The maximum Gasteiger partial charge on any atom is 0.244 e. The largest absolute Gasteiger partial charge is 0.495 e. The van der Waals surface area contributed by atoms with E-state index < -0.39 is 15.8 Å². The van der Waals surface area contributed by atoms with Gasteiger partial charge in [0, 0.05) is 45.3 Å². The third-order valence-electron chi connectivity index (χ3n) is 4.32. The lowest BCUT2D eigenvalue weighted by atomic mass is 10.1. The molecular formula is C14H20FN3O3S. The molecule has 122 valence electrons. The molecule has 3 heterocycles. The molecule has 1 atom stereocenters. The Bertz CT molecular complexity index is 645. The van der Waals surface area contributed by atoms with Crippen LogP contribution in [0.1, 0.15) is 0 Å². The molecule has 3 saturated heterocycles. The molecule has 0 aromatic heterocycles. The van der Waals surface area contributed by atoms with E-state index in [2.05, 4.69) is 14.5 Å². The van der Waals surface area contributed by atoms with Crippen molar-refractivity contribution in [3.05, 3.63) is 24.0 Å². The Morgan fingerprint density at radius 2 is 2.05 bits per heavy atom. The number of rotatable bonds is 5. The average Bonchev–Trinajstić information content (AvgIpc) is 2.54. The van der Waals surface area contributed by atoms with Crippen LogP contribution < -0.4 is 9.46 Å². The minimum atomic E-state index is -3.80. The molecule has 1 N–H and O–H groups in total. The van der Waals surface area contributed by atoms with Gasteiger partial charge in [-0.15, -0.1) is 0 Å². The number of hydrogen-bond acceptors (Lipinski definition) is 5. The van der Waals surface area contributed by atoms with Crippen LogP contribution in [0.25, 0.3) is 0 Å². The van der Waals surface area contributed by atoms with Gasteiger partial charge in [0.25, 0.3) is 0 Å². The lowest BCUT2D eigenvalue weighted by Gasteiger charge is -2.47. The topological polar surface area (TPSA) is 61.9 Å². The number of sulfonamides is 1. The van der Waals surface area contributed by atoms with Crippen LogP contribution in [0.4, 0.5) is 4.39 Å². The number of piperazine rings is 3. The van der Waals surface area contributed by atoms with Crippen LogP contribution in [0.2, 0.25) is 0 Å². The number of nitrogens with zero attached hydrogens (tertiary/aromatic N) is 2. The highest BCUT2D eigenvalue weighted by atomic mass is 32.2. The molecule has 1 aromatic carbocycles. The van der Waals surface area contributed by atoms with E-state index in [1.807, 2.05) is 0 Å². The number of ether oxygens (including phenoxy) is 1. The SMILES string of the molecule is COc1ccc(F)cc1S(=O)(=O)NCC1CN2CCN1CC2. The average molecular weight is 329 g/mol. The van der Waals surface area contributed by atoms with E-state index in [0.29, 0.717) is 6.54 Å². The Labute approximate surface area is 129 Å². The second kappa shape index (κ2) is 6.11. The van der Waals surface area contributed by atoms with Gasteiger partial charge in [-0.2, -0.15) is 0 Å². The van der Waals surface area contributed by atoms with E-state index in [1.54, 1.807) is 0 Å². The van der Waals surface area contributed by atoms with Crippen molar-refractivity contribution < 1.29 is 17.5 Å². The molecule has 0 saturated carbocycles. The fraction of sp³-hybridized carbons (Fsp3) is 0.571. The van der Waals surface area contributed by atoms with Gasteiger partial charge in [-0.3, -0.25) is 9.80 Å². The van der Waals surface area contributed by atoms with E-state index in [4.69, 9.17) is 4.74 Å². The number of benzene rings is 1. The van der Waals surface area contributed by atoms with Crippen LogP contribution in [-0.2, 0) is 10.0 Å². The minimum absolute atomic E-state index is 0.142. The molecule has 6 nitrogen and oxygen atoms in total. The number of halogens is 1. The fourth-order valence-electron chi connectivity index (χ4n) is 3.06. The van der Waals surface area contributed by atoms with Gasteiger partial charge in [-0.1, -0.05) is 0 Å². The standard InChI is InChI=1S/C14H20FN3O3S/c1-21-13-3-2-11(15)8-14(13)22(19,20)16-9-12-10-17-4-6-18(12)7-5-17/h2-3,8,12,16H,4-7,9-10H2,1H3. The molecule has 4 rings (SSSR count). The molecule has 0 spiro atoms. The molecule has 22 heavy (non-hydrogen) atoms. The van der Waals surface area contributed by atoms with Crippen molar-refractivity contribution in [1.82, 2.24) is 14.5 Å². The quantitative estimate of drug-likeness (QED) is 0.831. The predicted molar refractivity (Wildman–Crippen MR) is 79.9 cm³/mol. The summed E-state index contributed by atoms with van der Waals surface area (Å²) in [5, 5.41) is 0. The van der Waals surface area contributed by atoms with Crippen LogP contribution in [0.3, 0.4) is 0 Å². The van der Waals surface area contributed by atoms with E-state index in [-0.39, 0.29) is 16.7 Å². The van der Waals surface area contributed by atoms with Crippen LogP contribution >= 0.6 is 0 Å². The van der Waals surface area contributed by atoms with Crippen LogP contribution in [0, 0.1) is 5.82 Å². The molecule has 1 aromatic rings. The van der Waals surface area contributed by atoms with Crippen molar-refractivity contribution in [3.63, 3.8) is 0 Å². The number of methoxy groups -OCH3 is 1. The normalized spacial score (nSPS) is 27.8. The van der Waals surface area contributed by atoms with Crippen LogP contribution in [0.5, 0.6) is 5.75 Å². The summed E-state index contributed by atoms with van der Waals surface area (Å²) in [7, 11) is -2.44. The van der Waals surface area contributed by atoms with Gasteiger partial charge >= 0.3 is 0 Å². The molecule has 8 heteroatoms. The van der Waals surface area contributed by atoms with Crippen LogP contribution in [0.15, 0.2) is 23.1 Å². The molecule has 0 radical (unpaired) electrons. The van der Waals surface area contributed by atoms with Crippen molar-refractivity contribution in [1.29, 1.82) is 0 Å². The maximum atomic E-state index is 13.4. The summed E-state index contributed by atoms with van der Waals surface area (Å²) in [6.45, 7) is 5.20. The highest BCUT2D eigenvalue weighted by Gasteiger charge is 2.32. The van der Waals surface area contributed by atoms with Gasteiger partial charge < -0.3 is 4.74 Å². The number of fused-ring (bicyclic) bond motifs is 3. The summed E-state index contributed by atoms with van der Waals surface area (Å²) < 4.78 is 45.8. The Hall–Kier alpha value is -1.22. The second-order valence-corrected chi connectivity index (χ2v) is 7.37. The van der Waals surface area contributed by atoms with Gasteiger partial charge in [-0.05, 0) is 18.2 Å². The van der Waals surface area contributed by atoms with Crippen molar-refractivity contribution in [2.24, 2.45) is 0 Å². The highest BCUT2D eigenvalue weighted by Crippen LogP contribution is 2.24. The monoisotopic (exact) mass is 329 g/mol. The zero-order chi connectivity index (χ0) is 15.7. The summed E-state index contributed by atoms with van der Waals surface area (Å²) in [5.41, 5.74) is 0. The summed E-state index contributed by atoms with van der Waals surface area (Å²) >= 11 is 0. The summed E-state index contributed by atoms with van der Waals surface area (Å²) in [6, 6.07) is 3.65. The second-order valence-electron chi connectivity index (χ2n) is 5.64. The van der Waals surface area contributed by atoms with E-state index >= 15 is 0 Å². The molecule has 3 aliphatic heterocycles. The number of hydrogen-bond donors (Lipinski definition) is 1. The van der Waals surface area contributed by atoms with Gasteiger partial charge in [-0.25, -0.2) is 17.5 Å². The third kappa shape index (κ3) is 3.10. The molecule has 1 unspecified atom stereocenters. The number of nitrogens with one attached hydrogen (secondary N) is 1. The van der Waals surface area contributed by atoms with Crippen molar-refractivity contribution >= 4 is 10.0 Å². The van der Waals surface area contributed by atoms with Crippen LogP contribution in [-0.4, -0.2) is 70.6 Å². The van der Waals surface area contributed by atoms with E-state index in [9.17, 15) is 12.8 Å². The third-order valence-corrected chi connectivity index (χ3v) is 5.76. The first-order chi connectivity index (χ1) is 10.5. The fourth-order valence-corrected chi connectivity index (χ4v) is 4.31. The van der Waals surface area contributed by atoms with Gasteiger partial charge in [0.1, 0.15) is 16.5 Å². The lowest BCUT2D eigenvalue weighted by molar-refractivity contribution is 0.0158. The molecule has 3 aliphatic rings. The smallest absolute Gasteiger partial charge is 0.244 e. The van der Waals surface area contributed by atoms with Gasteiger partial charge in [0.15, 0.2) is 0 Å². The molecule has 3 fully saturated rings. The zero-order valence-corrected chi connectivity index (χ0v) is 13.3. The maximum absolute atomic E-state index is 13.4. The van der Waals surface area contributed by atoms with Gasteiger partial charge in [0.2, 0.25) is 10.0 Å². The minimum Gasteiger partial charge on any atom is -0.495 e. The molecular weight excluding hydrogens is 309 g/mol. The lowest BCUT2D eigenvalue weighted by Crippen LogP contribution is -2.63. The Morgan fingerprint density at radius 1 is 1.32 bits per heavy atom. The summed E-state index contributed by atoms with van der Waals surface area (Å²) in [6.07, 6.45) is 0. The first-order valence-electron chi connectivity index (χ1n) is 7.29. The van der Waals surface area contributed by atoms with E-state index in [0.717, 1.165) is 38.8 Å². The molecule has 0 aliphatic carbocycles. The Balaban J connectivity index is 1.73. The summed E-state index contributed by atoms with van der Waals surface area (Å²) in [5.74, 6) is -0.462. The van der Waals surface area contributed by atoms with E-state index in [1.165, 1.54) is 19.2 Å².